The molecule has 0 radical (unpaired) electrons. The summed E-state index contributed by atoms with van der Waals surface area (Å²) in [4.78, 5) is 21.3. The molecule has 0 aliphatic heterocycles. The molecule has 34 heavy (non-hydrogen) atoms. The van der Waals surface area contributed by atoms with Crippen LogP contribution in [0.5, 0.6) is 5.75 Å². The van der Waals surface area contributed by atoms with Crippen molar-refractivity contribution in [3.8, 4) is 28.4 Å². The molecule has 5 rings (SSSR count). The zero-order chi connectivity index (χ0) is 23.9. The van der Waals surface area contributed by atoms with Gasteiger partial charge in [-0.25, -0.2) is 9.78 Å². The second-order valence-corrected chi connectivity index (χ2v) is 8.16. The molecule has 0 amide bonds. The summed E-state index contributed by atoms with van der Waals surface area (Å²) < 4.78 is 54.1. The highest BCUT2D eigenvalue weighted by atomic mass is 32.1. The van der Waals surface area contributed by atoms with E-state index >= 15 is 0 Å². The number of rotatable bonds is 5. The lowest BCUT2D eigenvalue weighted by Gasteiger charge is -2.05. The fraction of sp³-hybridized carbons (Fsp3) is 0.130. The van der Waals surface area contributed by atoms with E-state index in [1.54, 1.807) is 29.6 Å². The van der Waals surface area contributed by atoms with Gasteiger partial charge < -0.3 is 13.7 Å². The molecule has 0 aliphatic carbocycles. The first-order valence-corrected chi connectivity index (χ1v) is 10.8. The largest absolute Gasteiger partial charge is 0.493 e. The van der Waals surface area contributed by atoms with Crippen molar-refractivity contribution in [1.29, 1.82) is 0 Å². The van der Waals surface area contributed by atoms with Crippen molar-refractivity contribution in [2.75, 3.05) is 7.11 Å². The number of thiazole rings is 1. The number of hydrogen-bond acceptors (Lipinski definition) is 8. The van der Waals surface area contributed by atoms with Gasteiger partial charge in [-0.05, 0) is 24.3 Å². The Morgan fingerprint density at radius 3 is 2.62 bits per heavy atom. The van der Waals surface area contributed by atoms with Gasteiger partial charge in [-0.2, -0.15) is 18.2 Å². The Bertz CT molecular complexity index is 1540. The van der Waals surface area contributed by atoms with Gasteiger partial charge in [0.1, 0.15) is 5.01 Å². The van der Waals surface area contributed by atoms with Crippen molar-refractivity contribution in [3.05, 3.63) is 80.8 Å². The summed E-state index contributed by atoms with van der Waals surface area (Å²) >= 11 is 1.30. The van der Waals surface area contributed by atoms with Gasteiger partial charge in [-0.3, -0.25) is 0 Å². The number of benzene rings is 2. The molecular weight excluding hydrogens is 471 g/mol. The first kappa shape index (κ1) is 21.8. The lowest BCUT2D eigenvalue weighted by Crippen LogP contribution is -2.04. The number of aromatic nitrogens is 3. The van der Waals surface area contributed by atoms with Gasteiger partial charge in [0.15, 0.2) is 11.3 Å². The van der Waals surface area contributed by atoms with E-state index in [-0.39, 0.29) is 18.1 Å². The predicted molar refractivity (Wildman–Crippen MR) is 118 cm³/mol. The summed E-state index contributed by atoms with van der Waals surface area (Å²) in [6, 6.07) is 11.5. The maximum absolute atomic E-state index is 12.7. The standard InChI is InChI=1S/C23H14F3N3O4S/c1-31-17-4-2-3-13-9-15(22(30)32-20(13)17)16-11-34-19(27-16)10-18-28-21(29-33-18)12-5-7-14(8-6-12)23(24,25)26/h2-9,11H,10H2,1H3. The first-order chi connectivity index (χ1) is 16.3. The van der Waals surface area contributed by atoms with Crippen molar-refractivity contribution in [3.63, 3.8) is 0 Å². The molecule has 0 atom stereocenters. The quantitative estimate of drug-likeness (QED) is 0.300. The van der Waals surface area contributed by atoms with Gasteiger partial charge in [0.05, 0.1) is 30.4 Å². The molecule has 172 valence electrons. The van der Waals surface area contributed by atoms with E-state index in [4.69, 9.17) is 13.7 Å². The minimum Gasteiger partial charge on any atom is -0.493 e. The molecule has 7 nitrogen and oxygen atoms in total. The van der Waals surface area contributed by atoms with Crippen LogP contribution in [0, 0.1) is 0 Å². The number of ether oxygens (including phenoxy) is 1. The van der Waals surface area contributed by atoms with Crippen LogP contribution in [-0.4, -0.2) is 22.2 Å². The number of methoxy groups -OCH3 is 1. The molecule has 0 bridgehead atoms. The Kier molecular flexibility index (Phi) is 5.40. The van der Waals surface area contributed by atoms with Gasteiger partial charge in [0, 0.05) is 16.3 Å². The molecule has 5 aromatic rings. The Hall–Kier alpha value is -3.99. The number of halogens is 3. The monoisotopic (exact) mass is 485 g/mol. The zero-order valence-electron chi connectivity index (χ0n) is 17.4. The SMILES string of the molecule is COc1cccc2cc(-c3csc(Cc4nc(-c5ccc(C(F)(F)F)cc5)no4)n3)c(=O)oc12. The Morgan fingerprint density at radius 1 is 1.09 bits per heavy atom. The van der Waals surface area contributed by atoms with Crippen LogP contribution in [0.15, 0.2) is 67.6 Å². The molecule has 0 N–H and O–H groups in total. The average molecular weight is 485 g/mol. The van der Waals surface area contributed by atoms with Crippen LogP contribution < -0.4 is 10.4 Å². The normalized spacial score (nSPS) is 11.8. The van der Waals surface area contributed by atoms with Crippen molar-refractivity contribution in [2.45, 2.75) is 12.6 Å². The third-order valence-electron chi connectivity index (χ3n) is 5.01. The number of hydrogen-bond donors (Lipinski definition) is 0. The predicted octanol–water partition coefficient (Wildman–Crippen LogP) is 5.58. The van der Waals surface area contributed by atoms with Crippen LogP contribution in [0.3, 0.4) is 0 Å². The van der Waals surface area contributed by atoms with Crippen LogP contribution in [-0.2, 0) is 12.6 Å². The molecule has 2 aromatic carbocycles. The summed E-state index contributed by atoms with van der Waals surface area (Å²) in [6.45, 7) is 0. The molecule has 0 spiro atoms. The summed E-state index contributed by atoms with van der Waals surface area (Å²) in [6.07, 6.45) is -4.22. The highest BCUT2D eigenvalue weighted by Crippen LogP contribution is 2.31. The Balaban J connectivity index is 1.37. The van der Waals surface area contributed by atoms with Gasteiger partial charge in [0.2, 0.25) is 11.7 Å². The fourth-order valence-corrected chi connectivity index (χ4v) is 4.14. The van der Waals surface area contributed by atoms with Crippen LogP contribution in [0.1, 0.15) is 16.5 Å². The van der Waals surface area contributed by atoms with E-state index in [9.17, 15) is 18.0 Å². The van der Waals surface area contributed by atoms with Crippen LogP contribution in [0.4, 0.5) is 13.2 Å². The fourth-order valence-electron chi connectivity index (χ4n) is 3.35. The number of para-hydroxylation sites is 1. The van der Waals surface area contributed by atoms with Crippen LogP contribution >= 0.6 is 11.3 Å². The molecule has 0 saturated heterocycles. The highest BCUT2D eigenvalue weighted by molar-refractivity contribution is 7.10. The van der Waals surface area contributed by atoms with Crippen LogP contribution in [0.2, 0.25) is 0 Å². The van der Waals surface area contributed by atoms with E-state index in [2.05, 4.69) is 15.1 Å². The van der Waals surface area contributed by atoms with Crippen molar-refractivity contribution in [1.82, 2.24) is 15.1 Å². The van der Waals surface area contributed by atoms with E-state index in [0.29, 0.717) is 38.5 Å². The molecule has 3 aromatic heterocycles. The Labute approximate surface area is 193 Å². The minimum atomic E-state index is -4.42. The molecule has 0 unspecified atom stereocenters. The van der Waals surface area contributed by atoms with Crippen molar-refractivity contribution >= 4 is 22.3 Å². The maximum Gasteiger partial charge on any atom is 0.416 e. The lowest BCUT2D eigenvalue weighted by molar-refractivity contribution is -0.137. The molecular formula is C23H14F3N3O4S. The van der Waals surface area contributed by atoms with Gasteiger partial charge in [-0.15, -0.1) is 11.3 Å². The topological polar surface area (TPSA) is 91.3 Å². The summed E-state index contributed by atoms with van der Waals surface area (Å²) in [7, 11) is 1.50. The average Bonchev–Trinajstić information content (AvgIpc) is 3.48. The maximum atomic E-state index is 12.7. The molecule has 11 heteroatoms. The number of alkyl halides is 3. The Morgan fingerprint density at radius 2 is 1.88 bits per heavy atom. The molecule has 0 saturated carbocycles. The second-order valence-electron chi connectivity index (χ2n) is 7.22. The number of nitrogens with zero attached hydrogens (tertiary/aromatic N) is 3. The van der Waals surface area contributed by atoms with E-state index in [1.165, 1.54) is 30.6 Å². The van der Waals surface area contributed by atoms with Crippen molar-refractivity contribution in [2.24, 2.45) is 0 Å². The minimum absolute atomic E-state index is 0.171. The van der Waals surface area contributed by atoms with Crippen LogP contribution in [0.25, 0.3) is 33.6 Å². The summed E-state index contributed by atoms with van der Waals surface area (Å²) in [5, 5.41) is 6.87. The zero-order valence-corrected chi connectivity index (χ0v) is 18.2. The van der Waals surface area contributed by atoms with Gasteiger partial charge in [0.25, 0.3) is 0 Å². The van der Waals surface area contributed by atoms with Crippen molar-refractivity contribution < 1.29 is 26.8 Å². The van der Waals surface area contributed by atoms with E-state index < -0.39 is 17.4 Å². The molecule has 3 heterocycles. The highest BCUT2D eigenvalue weighted by Gasteiger charge is 2.30. The van der Waals surface area contributed by atoms with E-state index in [0.717, 1.165) is 12.1 Å². The smallest absolute Gasteiger partial charge is 0.416 e. The van der Waals surface area contributed by atoms with Gasteiger partial charge in [-0.1, -0.05) is 29.4 Å². The summed E-state index contributed by atoms with van der Waals surface area (Å²) in [5.41, 5.74) is 0.200. The second kappa shape index (κ2) is 8.41. The lowest BCUT2D eigenvalue weighted by atomic mass is 10.1. The third-order valence-corrected chi connectivity index (χ3v) is 5.86. The van der Waals surface area contributed by atoms with E-state index in [1.807, 2.05) is 0 Å². The first-order valence-electron chi connectivity index (χ1n) is 9.87. The molecule has 0 fully saturated rings. The molecule has 0 aliphatic rings. The number of fused-ring (bicyclic) bond motifs is 1. The third kappa shape index (κ3) is 4.17. The van der Waals surface area contributed by atoms with Gasteiger partial charge >= 0.3 is 11.8 Å². The summed E-state index contributed by atoms with van der Waals surface area (Å²) in [5.74, 6) is 0.871.